The van der Waals surface area contributed by atoms with Gasteiger partial charge in [0, 0.05) is 0 Å². The molecule has 0 unspecified atom stereocenters. The summed E-state index contributed by atoms with van der Waals surface area (Å²) in [5, 5.41) is 0. The van der Waals surface area contributed by atoms with Crippen LogP contribution in [0.25, 0.3) is 0 Å². The highest BCUT2D eigenvalue weighted by molar-refractivity contribution is 5.32. The Kier molecular flexibility index (Phi) is 5.44. The van der Waals surface area contributed by atoms with Crippen LogP contribution in [0.4, 0.5) is 0 Å². The molecule has 68 valence electrons. The van der Waals surface area contributed by atoms with Crippen LogP contribution in [0.1, 0.15) is 41.0 Å². The van der Waals surface area contributed by atoms with Crippen LogP contribution in [0.3, 0.4) is 0 Å². The van der Waals surface area contributed by atoms with Crippen LogP contribution >= 0.6 is 0 Å². The average molecular weight is 164 g/mol. The second kappa shape index (κ2) is 5.82. The highest BCUT2D eigenvalue weighted by atomic mass is 14.0. The van der Waals surface area contributed by atoms with Crippen molar-refractivity contribution in [3.05, 3.63) is 34.9 Å². The Bertz CT molecular complexity index is 214. The van der Waals surface area contributed by atoms with Gasteiger partial charge in [-0.2, -0.15) is 0 Å². The van der Waals surface area contributed by atoms with E-state index in [-0.39, 0.29) is 0 Å². The summed E-state index contributed by atoms with van der Waals surface area (Å²) in [5.74, 6) is 0. The van der Waals surface area contributed by atoms with Gasteiger partial charge in [0.2, 0.25) is 0 Å². The van der Waals surface area contributed by atoms with Gasteiger partial charge in [0.1, 0.15) is 0 Å². The third-order valence-electron chi connectivity index (χ3n) is 1.94. The summed E-state index contributed by atoms with van der Waals surface area (Å²) in [4.78, 5) is 0. The van der Waals surface area contributed by atoms with E-state index >= 15 is 0 Å². The van der Waals surface area contributed by atoms with Crippen LogP contribution in [-0.2, 0) is 0 Å². The third-order valence-corrected chi connectivity index (χ3v) is 1.94. The molecule has 0 N–H and O–H groups in total. The maximum absolute atomic E-state index is 2.20. The lowest BCUT2D eigenvalue weighted by atomic mass is 10.1. The summed E-state index contributed by atoms with van der Waals surface area (Å²) >= 11 is 0. The zero-order valence-corrected chi connectivity index (χ0v) is 8.94. The monoisotopic (exact) mass is 164 g/mol. The largest absolute Gasteiger partial charge is 0.0693 e. The summed E-state index contributed by atoms with van der Waals surface area (Å²) in [7, 11) is 0. The molecule has 0 aromatic heterocycles. The Labute approximate surface area is 76.7 Å². The number of hydrogen-bond acceptors (Lipinski definition) is 0. The molecule has 0 spiro atoms. The van der Waals surface area contributed by atoms with Crippen molar-refractivity contribution in [3.63, 3.8) is 0 Å². The van der Waals surface area contributed by atoms with Gasteiger partial charge in [-0.05, 0) is 27.2 Å². The first kappa shape index (κ1) is 11.2. The summed E-state index contributed by atoms with van der Waals surface area (Å²) in [6, 6.07) is 0. The zero-order valence-electron chi connectivity index (χ0n) is 8.94. The van der Waals surface area contributed by atoms with Crippen LogP contribution in [0.15, 0.2) is 34.9 Å². The maximum atomic E-state index is 2.20. The lowest BCUT2D eigenvalue weighted by Gasteiger charge is -2.00. The molecular weight excluding hydrogens is 144 g/mol. The molecule has 0 atom stereocenters. The molecule has 0 heteroatoms. The van der Waals surface area contributed by atoms with Crippen molar-refractivity contribution in [3.8, 4) is 0 Å². The van der Waals surface area contributed by atoms with Crippen LogP contribution in [0, 0.1) is 0 Å². The number of hydrogen-bond donors (Lipinski definition) is 0. The van der Waals surface area contributed by atoms with Gasteiger partial charge in [0.25, 0.3) is 0 Å². The van der Waals surface area contributed by atoms with E-state index < -0.39 is 0 Å². The minimum absolute atomic E-state index is 1.14. The molecule has 0 amide bonds. The van der Waals surface area contributed by atoms with Crippen molar-refractivity contribution in [2.75, 3.05) is 0 Å². The van der Waals surface area contributed by atoms with E-state index in [1.807, 2.05) is 13.8 Å². The highest BCUT2D eigenvalue weighted by Crippen LogP contribution is 2.17. The van der Waals surface area contributed by atoms with E-state index in [4.69, 9.17) is 0 Å². The molecule has 0 aromatic carbocycles. The molecular formula is C12H20. The highest BCUT2D eigenvalue weighted by Gasteiger charge is 1.97. The van der Waals surface area contributed by atoms with E-state index in [1.165, 1.54) is 16.7 Å². The third kappa shape index (κ3) is 3.56. The first-order valence-corrected chi connectivity index (χ1v) is 4.70. The zero-order chi connectivity index (χ0) is 9.56. The lowest BCUT2D eigenvalue weighted by molar-refractivity contribution is 1.09. The minimum atomic E-state index is 1.14. The Morgan fingerprint density at radius 2 is 1.67 bits per heavy atom. The lowest BCUT2D eigenvalue weighted by Crippen LogP contribution is -1.80. The van der Waals surface area contributed by atoms with Gasteiger partial charge in [0.05, 0.1) is 0 Å². The second-order valence-electron chi connectivity index (χ2n) is 3.01. The summed E-state index contributed by atoms with van der Waals surface area (Å²) in [5.41, 5.74) is 4.35. The Hall–Kier alpha value is -0.780. The predicted molar refractivity (Wildman–Crippen MR) is 57.2 cm³/mol. The molecule has 0 heterocycles. The van der Waals surface area contributed by atoms with E-state index in [9.17, 15) is 0 Å². The van der Waals surface area contributed by atoms with Crippen molar-refractivity contribution in [2.24, 2.45) is 0 Å². The Balaban J connectivity index is 0.000000561. The van der Waals surface area contributed by atoms with Crippen molar-refractivity contribution < 1.29 is 0 Å². The van der Waals surface area contributed by atoms with Gasteiger partial charge in [-0.25, -0.2) is 0 Å². The molecule has 1 aliphatic carbocycles. The number of rotatable bonds is 0. The molecule has 0 nitrogen and oxygen atoms in total. The van der Waals surface area contributed by atoms with Crippen molar-refractivity contribution in [2.45, 2.75) is 41.0 Å². The quantitative estimate of drug-likeness (QED) is 0.502. The van der Waals surface area contributed by atoms with Crippen molar-refractivity contribution >= 4 is 0 Å². The van der Waals surface area contributed by atoms with E-state index in [0.717, 1.165) is 6.42 Å². The molecule has 0 aromatic rings. The van der Waals surface area contributed by atoms with Crippen LogP contribution in [0.5, 0.6) is 0 Å². The molecule has 1 aliphatic rings. The van der Waals surface area contributed by atoms with Gasteiger partial charge in [0.15, 0.2) is 0 Å². The molecule has 0 saturated heterocycles. The summed E-state index contributed by atoms with van der Waals surface area (Å²) in [6.45, 7) is 10.5. The molecule has 0 bridgehead atoms. The number of allylic oxidation sites excluding steroid dienone is 6. The first-order chi connectivity index (χ1) is 5.70. The summed E-state index contributed by atoms with van der Waals surface area (Å²) < 4.78 is 0. The average Bonchev–Trinajstić information content (AvgIpc) is 2.19. The van der Waals surface area contributed by atoms with Crippen molar-refractivity contribution in [1.29, 1.82) is 0 Å². The SMILES string of the molecule is CC.CC1=CC=CC(C)=C(C)C1. The van der Waals surface area contributed by atoms with E-state index in [0.29, 0.717) is 0 Å². The molecule has 12 heavy (non-hydrogen) atoms. The van der Waals surface area contributed by atoms with Crippen LogP contribution < -0.4 is 0 Å². The van der Waals surface area contributed by atoms with Gasteiger partial charge in [-0.1, -0.05) is 48.8 Å². The smallest absolute Gasteiger partial charge is 0.0105 e. The molecule has 0 fully saturated rings. The van der Waals surface area contributed by atoms with Gasteiger partial charge >= 0.3 is 0 Å². The standard InChI is InChI=1S/C10H14.C2H6/c1-8-5-4-6-9(2)10(3)7-8;1-2/h4-6H,7H2,1-3H3;1-2H3. The molecule has 0 aliphatic heterocycles. The second-order valence-corrected chi connectivity index (χ2v) is 3.01. The first-order valence-electron chi connectivity index (χ1n) is 4.70. The normalized spacial score (nSPS) is 16.2. The molecule has 0 radical (unpaired) electrons. The fourth-order valence-corrected chi connectivity index (χ4v) is 1.12. The van der Waals surface area contributed by atoms with E-state index in [1.54, 1.807) is 0 Å². The van der Waals surface area contributed by atoms with Crippen LogP contribution in [0.2, 0.25) is 0 Å². The Morgan fingerprint density at radius 1 is 1.08 bits per heavy atom. The van der Waals surface area contributed by atoms with Gasteiger partial charge in [-0.15, -0.1) is 0 Å². The molecule has 1 rings (SSSR count). The fourth-order valence-electron chi connectivity index (χ4n) is 1.12. The Morgan fingerprint density at radius 3 is 2.25 bits per heavy atom. The maximum Gasteiger partial charge on any atom is -0.0105 e. The van der Waals surface area contributed by atoms with Crippen LogP contribution in [-0.4, -0.2) is 0 Å². The minimum Gasteiger partial charge on any atom is -0.0693 e. The topological polar surface area (TPSA) is 0 Å². The predicted octanol–water partition coefficient (Wildman–Crippen LogP) is 4.26. The van der Waals surface area contributed by atoms with Gasteiger partial charge in [-0.3, -0.25) is 0 Å². The fraction of sp³-hybridized carbons (Fsp3) is 0.500. The summed E-state index contributed by atoms with van der Waals surface area (Å²) in [6.07, 6.45) is 7.62. The van der Waals surface area contributed by atoms with E-state index in [2.05, 4.69) is 39.0 Å². The van der Waals surface area contributed by atoms with Gasteiger partial charge < -0.3 is 0 Å². The molecule has 0 saturated carbocycles. The van der Waals surface area contributed by atoms with Crippen molar-refractivity contribution in [1.82, 2.24) is 0 Å².